The molecule has 0 aliphatic heterocycles. The molecule has 0 radical (unpaired) electrons. The van der Waals surface area contributed by atoms with Crippen molar-refractivity contribution < 1.29 is 13.9 Å². The lowest BCUT2D eigenvalue weighted by Crippen LogP contribution is -2.09. The number of tetrazole rings is 1. The van der Waals surface area contributed by atoms with Crippen molar-refractivity contribution in [3.8, 4) is 11.5 Å². The highest BCUT2D eigenvalue weighted by Gasteiger charge is 2.13. The Morgan fingerprint density at radius 1 is 1.18 bits per heavy atom. The minimum Gasteiger partial charge on any atom is -0.493 e. The van der Waals surface area contributed by atoms with E-state index in [0.717, 1.165) is 23.0 Å². The minimum absolute atomic E-state index is 0.110. The Hall–Kier alpha value is -2.68. The van der Waals surface area contributed by atoms with Crippen LogP contribution in [0.15, 0.2) is 40.9 Å². The first-order chi connectivity index (χ1) is 13.6. The molecule has 9 heteroatoms. The summed E-state index contributed by atoms with van der Waals surface area (Å²) < 4.78 is 27.6. The molecule has 3 rings (SSSR count). The van der Waals surface area contributed by atoms with Gasteiger partial charge in [0.25, 0.3) is 0 Å². The number of halogens is 2. The Bertz CT molecular complexity index is 934. The Morgan fingerprint density at radius 3 is 2.75 bits per heavy atom. The molecule has 0 aliphatic carbocycles. The van der Waals surface area contributed by atoms with Gasteiger partial charge in [0.2, 0.25) is 5.95 Å². The third kappa shape index (κ3) is 4.78. The summed E-state index contributed by atoms with van der Waals surface area (Å²) in [6.07, 6.45) is 0.936. The van der Waals surface area contributed by atoms with Crippen molar-refractivity contribution in [3.63, 3.8) is 0 Å². The smallest absolute Gasteiger partial charge is 0.243 e. The molecule has 0 amide bonds. The number of nitrogens with one attached hydrogen (secondary N) is 1. The van der Waals surface area contributed by atoms with Crippen molar-refractivity contribution in [3.05, 3.63) is 57.8 Å². The van der Waals surface area contributed by atoms with Crippen molar-refractivity contribution in [2.24, 2.45) is 0 Å². The second-order valence-electron chi connectivity index (χ2n) is 6.05. The molecule has 0 spiro atoms. The number of benzene rings is 2. The van der Waals surface area contributed by atoms with E-state index >= 15 is 0 Å². The van der Waals surface area contributed by atoms with Gasteiger partial charge in [-0.05, 0) is 40.6 Å². The number of ether oxygens (including phenoxy) is 2. The summed E-state index contributed by atoms with van der Waals surface area (Å²) >= 11 is 3.56. The zero-order chi connectivity index (χ0) is 19.9. The van der Waals surface area contributed by atoms with Gasteiger partial charge >= 0.3 is 0 Å². The summed E-state index contributed by atoms with van der Waals surface area (Å²) in [6, 6.07) is 10.2. The molecule has 0 unspecified atom stereocenters. The number of rotatable bonds is 9. The molecule has 0 saturated heterocycles. The summed E-state index contributed by atoms with van der Waals surface area (Å²) in [4.78, 5) is 0. The summed E-state index contributed by atoms with van der Waals surface area (Å²) in [6.45, 7) is 3.41. The third-order valence-electron chi connectivity index (χ3n) is 4.08. The van der Waals surface area contributed by atoms with Gasteiger partial charge in [-0.3, -0.25) is 0 Å². The fraction of sp³-hybridized carbons (Fsp3) is 0.316. The van der Waals surface area contributed by atoms with E-state index < -0.39 is 0 Å². The van der Waals surface area contributed by atoms with E-state index in [-0.39, 0.29) is 12.4 Å². The zero-order valence-electron chi connectivity index (χ0n) is 15.7. The molecular weight excluding hydrogens is 429 g/mol. The molecule has 0 aliphatic rings. The molecule has 0 bridgehead atoms. The number of hydrogen-bond acceptors (Lipinski definition) is 6. The molecule has 0 atom stereocenters. The Balaban J connectivity index is 1.72. The van der Waals surface area contributed by atoms with Gasteiger partial charge in [-0.15, -0.1) is 0 Å². The highest BCUT2D eigenvalue weighted by molar-refractivity contribution is 9.10. The van der Waals surface area contributed by atoms with Crippen LogP contribution >= 0.6 is 15.9 Å². The summed E-state index contributed by atoms with van der Waals surface area (Å²) in [5.41, 5.74) is 1.43. The fourth-order valence-corrected chi connectivity index (χ4v) is 3.09. The van der Waals surface area contributed by atoms with Gasteiger partial charge in [0.05, 0.1) is 7.11 Å². The maximum atomic E-state index is 13.8. The SMILES string of the molecule is CCCn1nnnc1NCc1cc(OC)c(OCc2ccccc2F)cc1Br. The zero-order valence-corrected chi connectivity index (χ0v) is 17.2. The van der Waals surface area contributed by atoms with Crippen molar-refractivity contribution in [2.45, 2.75) is 33.0 Å². The molecule has 148 valence electrons. The molecule has 7 nitrogen and oxygen atoms in total. The number of methoxy groups -OCH3 is 1. The predicted molar refractivity (Wildman–Crippen MR) is 107 cm³/mol. The van der Waals surface area contributed by atoms with Gasteiger partial charge in [-0.1, -0.05) is 46.2 Å². The maximum Gasteiger partial charge on any atom is 0.243 e. The van der Waals surface area contributed by atoms with E-state index in [1.807, 2.05) is 12.1 Å². The third-order valence-corrected chi connectivity index (χ3v) is 4.82. The minimum atomic E-state index is -0.300. The number of aryl methyl sites for hydroxylation is 1. The monoisotopic (exact) mass is 449 g/mol. The van der Waals surface area contributed by atoms with Gasteiger partial charge in [0.15, 0.2) is 11.5 Å². The predicted octanol–water partition coefficient (Wildman–Crippen LogP) is 4.18. The topological polar surface area (TPSA) is 74.1 Å². The second-order valence-corrected chi connectivity index (χ2v) is 6.91. The van der Waals surface area contributed by atoms with Gasteiger partial charge in [-0.25, -0.2) is 9.07 Å². The molecule has 3 aromatic rings. The molecule has 2 aromatic carbocycles. The number of aromatic nitrogens is 4. The van der Waals surface area contributed by atoms with Gasteiger partial charge < -0.3 is 14.8 Å². The summed E-state index contributed by atoms with van der Waals surface area (Å²) in [7, 11) is 1.57. The van der Waals surface area contributed by atoms with E-state index in [4.69, 9.17) is 9.47 Å². The molecular formula is C19H21BrFN5O2. The fourth-order valence-electron chi connectivity index (χ4n) is 2.62. The van der Waals surface area contributed by atoms with Crippen molar-refractivity contribution >= 4 is 21.9 Å². The Kier molecular flexibility index (Phi) is 6.80. The second kappa shape index (κ2) is 9.50. The normalized spacial score (nSPS) is 10.7. The molecule has 1 heterocycles. The van der Waals surface area contributed by atoms with Crippen LogP contribution in [0.4, 0.5) is 10.3 Å². The Morgan fingerprint density at radius 2 is 2.00 bits per heavy atom. The molecule has 1 aromatic heterocycles. The first kappa shape index (κ1) is 20.1. The quantitative estimate of drug-likeness (QED) is 0.527. The van der Waals surface area contributed by atoms with Crippen LogP contribution in [-0.4, -0.2) is 27.3 Å². The highest BCUT2D eigenvalue weighted by Crippen LogP contribution is 2.34. The average molecular weight is 450 g/mol. The molecule has 0 saturated carbocycles. The van der Waals surface area contributed by atoms with Gasteiger partial charge in [0, 0.05) is 23.1 Å². The van der Waals surface area contributed by atoms with Crippen LogP contribution in [0.5, 0.6) is 11.5 Å². The largest absolute Gasteiger partial charge is 0.493 e. The highest BCUT2D eigenvalue weighted by atomic mass is 79.9. The lowest BCUT2D eigenvalue weighted by atomic mass is 10.2. The van der Waals surface area contributed by atoms with Crippen LogP contribution in [0.3, 0.4) is 0 Å². The van der Waals surface area contributed by atoms with Gasteiger partial charge in [-0.2, -0.15) is 0 Å². The number of nitrogens with zero attached hydrogens (tertiary/aromatic N) is 4. The van der Waals surface area contributed by atoms with Crippen LogP contribution in [0.2, 0.25) is 0 Å². The maximum absolute atomic E-state index is 13.8. The first-order valence-electron chi connectivity index (χ1n) is 8.85. The molecule has 28 heavy (non-hydrogen) atoms. The van der Waals surface area contributed by atoms with Crippen LogP contribution in [-0.2, 0) is 19.7 Å². The molecule has 1 N–H and O–H groups in total. The lowest BCUT2D eigenvalue weighted by Gasteiger charge is -2.15. The lowest BCUT2D eigenvalue weighted by molar-refractivity contribution is 0.279. The number of anilines is 1. The number of hydrogen-bond donors (Lipinski definition) is 1. The van der Waals surface area contributed by atoms with Crippen LogP contribution in [0.1, 0.15) is 24.5 Å². The van der Waals surface area contributed by atoms with E-state index in [0.29, 0.717) is 29.6 Å². The van der Waals surface area contributed by atoms with Crippen molar-refractivity contribution in [2.75, 3.05) is 12.4 Å². The van der Waals surface area contributed by atoms with Crippen molar-refractivity contribution in [1.82, 2.24) is 20.2 Å². The van der Waals surface area contributed by atoms with E-state index in [1.165, 1.54) is 6.07 Å². The van der Waals surface area contributed by atoms with Gasteiger partial charge in [0.1, 0.15) is 12.4 Å². The van der Waals surface area contributed by atoms with E-state index in [9.17, 15) is 4.39 Å². The standard InChI is InChI=1S/C19H21BrFN5O2/c1-3-8-26-19(23-24-25-26)22-11-14-9-17(27-2)18(10-15(14)20)28-12-13-6-4-5-7-16(13)21/h4-7,9-10H,3,8,11-12H2,1-2H3,(H,22,23,25). The van der Waals surface area contributed by atoms with E-state index in [2.05, 4.69) is 43.7 Å². The average Bonchev–Trinajstić information content (AvgIpc) is 3.14. The van der Waals surface area contributed by atoms with Crippen molar-refractivity contribution in [1.29, 1.82) is 0 Å². The molecule has 0 fully saturated rings. The first-order valence-corrected chi connectivity index (χ1v) is 9.64. The Labute approximate surface area is 171 Å². The summed E-state index contributed by atoms with van der Waals surface area (Å²) in [5.74, 6) is 1.39. The van der Waals surface area contributed by atoms with E-state index in [1.54, 1.807) is 30.0 Å². The van der Waals surface area contributed by atoms with Crippen LogP contribution in [0.25, 0.3) is 0 Å². The summed E-state index contributed by atoms with van der Waals surface area (Å²) in [5, 5.41) is 14.9. The van der Waals surface area contributed by atoms with Crippen LogP contribution in [0, 0.1) is 5.82 Å². The van der Waals surface area contributed by atoms with Crippen LogP contribution < -0.4 is 14.8 Å².